The molecule has 31 heavy (non-hydrogen) atoms. The molecule has 6 nitrogen and oxygen atoms in total. The minimum absolute atomic E-state index is 0.0246. The molecule has 0 fully saturated rings. The molecular formula is C21H16F3N3O3S. The number of alkyl halides is 3. The second-order valence-corrected chi connectivity index (χ2v) is 7.81. The Balaban J connectivity index is 1.62. The van der Waals surface area contributed by atoms with E-state index in [1.54, 1.807) is 0 Å². The first-order valence-corrected chi connectivity index (χ1v) is 9.96. The largest absolute Gasteiger partial charge is 0.433 e. The van der Waals surface area contributed by atoms with Gasteiger partial charge in [0.1, 0.15) is 22.6 Å². The van der Waals surface area contributed by atoms with Crippen molar-refractivity contribution in [2.45, 2.75) is 12.6 Å². The highest BCUT2D eigenvalue weighted by Crippen LogP contribution is 2.39. The zero-order valence-corrected chi connectivity index (χ0v) is 17.0. The molecule has 10 heteroatoms. The van der Waals surface area contributed by atoms with E-state index in [4.69, 9.17) is 0 Å². The van der Waals surface area contributed by atoms with Crippen molar-refractivity contribution in [3.63, 3.8) is 0 Å². The molecule has 4 aromatic rings. The Labute approximate surface area is 178 Å². The Morgan fingerprint density at radius 2 is 1.90 bits per heavy atom. The van der Waals surface area contributed by atoms with Gasteiger partial charge in [-0.05, 0) is 16.3 Å². The lowest BCUT2D eigenvalue weighted by molar-refractivity contribution is -0.141. The van der Waals surface area contributed by atoms with E-state index < -0.39 is 35.0 Å². The molecule has 0 radical (unpaired) electrons. The van der Waals surface area contributed by atoms with E-state index in [-0.39, 0.29) is 17.1 Å². The summed E-state index contributed by atoms with van der Waals surface area (Å²) in [6, 6.07) is 13.3. The number of anilines is 1. The van der Waals surface area contributed by atoms with Gasteiger partial charge in [-0.25, -0.2) is 4.98 Å². The van der Waals surface area contributed by atoms with E-state index in [0.717, 1.165) is 27.1 Å². The van der Waals surface area contributed by atoms with Crippen molar-refractivity contribution >= 4 is 44.4 Å². The second-order valence-electron chi connectivity index (χ2n) is 6.81. The Morgan fingerprint density at radius 3 is 2.61 bits per heavy atom. The number of nitrogens with zero attached hydrogens (tertiary/aromatic N) is 2. The Hall–Kier alpha value is -3.24. The first-order chi connectivity index (χ1) is 14.8. The van der Waals surface area contributed by atoms with Crippen LogP contribution in [0.15, 0.2) is 48.8 Å². The van der Waals surface area contributed by atoms with Crippen LogP contribution in [-0.2, 0) is 22.1 Å². The fourth-order valence-electron chi connectivity index (χ4n) is 3.30. The van der Waals surface area contributed by atoms with Gasteiger partial charge < -0.3 is 10.1 Å². The number of fused-ring (bicyclic) bond motifs is 2. The van der Waals surface area contributed by atoms with Crippen molar-refractivity contribution in [2.24, 2.45) is 0 Å². The van der Waals surface area contributed by atoms with Crippen LogP contribution < -0.4 is 5.32 Å². The van der Waals surface area contributed by atoms with E-state index in [1.807, 2.05) is 42.5 Å². The van der Waals surface area contributed by atoms with Crippen LogP contribution in [0, 0.1) is 0 Å². The fraction of sp³-hybridized carbons (Fsp3) is 0.190. The molecule has 0 saturated heterocycles. The number of benzene rings is 2. The van der Waals surface area contributed by atoms with Gasteiger partial charge in [-0.2, -0.15) is 13.2 Å². The standard InChI is InChI=1S/C21H16F3N3O3S/c1-30-10-15(28)17-18(21(22,23)24)27-11-25-19(20(27)31-17)26-16(29)9-12-6-7-13-4-2-3-5-14(13)8-12/h2-8,11H,9-10H2,1H3,(H,26,29). The number of halogens is 3. The first-order valence-electron chi connectivity index (χ1n) is 9.14. The number of hydrogen-bond donors (Lipinski definition) is 1. The molecule has 0 aliphatic carbocycles. The summed E-state index contributed by atoms with van der Waals surface area (Å²) in [6.07, 6.45) is -3.80. The highest BCUT2D eigenvalue weighted by Gasteiger charge is 2.40. The van der Waals surface area contributed by atoms with Crippen LogP contribution >= 0.6 is 11.3 Å². The van der Waals surface area contributed by atoms with E-state index >= 15 is 0 Å². The van der Waals surface area contributed by atoms with Gasteiger partial charge in [0.25, 0.3) is 0 Å². The van der Waals surface area contributed by atoms with Crippen LogP contribution in [0.4, 0.5) is 19.0 Å². The second kappa shape index (κ2) is 8.12. The lowest BCUT2D eigenvalue weighted by atomic mass is 10.1. The number of carbonyl (C=O) groups excluding carboxylic acids is 2. The van der Waals surface area contributed by atoms with Gasteiger partial charge in [0.15, 0.2) is 11.5 Å². The molecule has 2 heterocycles. The quantitative estimate of drug-likeness (QED) is 0.439. The Kier molecular flexibility index (Phi) is 5.50. The number of imidazole rings is 1. The Morgan fingerprint density at radius 1 is 1.16 bits per heavy atom. The molecule has 0 spiro atoms. The maximum Gasteiger partial charge on any atom is 0.433 e. The third-order valence-electron chi connectivity index (χ3n) is 4.61. The number of rotatable bonds is 6. The number of hydrogen-bond acceptors (Lipinski definition) is 5. The maximum absolute atomic E-state index is 13.6. The predicted octanol–water partition coefficient (Wildman–Crippen LogP) is 4.58. The molecule has 1 N–H and O–H groups in total. The summed E-state index contributed by atoms with van der Waals surface area (Å²) < 4.78 is 46.2. The molecule has 1 amide bonds. The number of ether oxygens (including phenoxy) is 1. The summed E-state index contributed by atoms with van der Waals surface area (Å²) in [5.41, 5.74) is -0.373. The summed E-state index contributed by atoms with van der Waals surface area (Å²) in [6.45, 7) is -0.482. The number of aromatic nitrogens is 2. The lowest BCUT2D eigenvalue weighted by Gasteiger charge is -2.07. The molecular weight excluding hydrogens is 431 g/mol. The van der Waals surface area contributed by atoms with E-state index in [2.05, 4.69) is 15.0 Å². The SMILES string of the molecule is COCC(=O)c1sc2c(NC(=O)Cc3ccc4ccccc4c3)ncn2c1C(F)(F)F. The van der Waals surface area contributed by atoms with Gasteiger partial charge in [0, 0.05) is 7.11 Å². The molecule has 0 bridgehead atoms. The average molecular weight is 447 g/mol. The summed E-state index contributed by atoms with van der Waals surface area (Å²) in [5.74, 6) is -1.25. The van der Waals surface area contributed by atoms with Crippen molar-refractivity contribution in [3.05, 3.63) is 64.9 Å². The number of thiazole rings is 1. The highest BCUT2D eigenvalue weighted by molar-refractivity contribution is 7.20. The van der Waals surface area contributed by atoms with E-state index in [9.17, 15) is 22.8 Å². The highest BCUT2D eigenvalue weighted by atomic mass is 32.1. The molecule has 160 valence electrons. The molecule has 0 aliphatic heterocycles. The molecule has 2 aromatic heterocycles. The van der Waals surface area contributed by atoms with Gasteiger partial charge >= 0.3 is 6.18 Å². The maximum atomic E-state index is 13.6. The zero-order chi connectivity index (χ0) is 22.2. The van der Waals surface area contributed by atoms with Gasteiger partial charge in [-0.3, -0.25) is 14.0 Å². The average Bonchev–Trinajstić information content (AvgIpc) is 3.27. The zero-order valence-electron chi connectivity index (χ0n) is 16.2. The number of nitrogens with one attached hydrogen (secondary N) is 1. The molecule has 0 atom stereocenters. The third-order valence-corrected chi connectivity index (χ3v) is 5.82. The van der Waals surface area contributed by atoms with Crippen molar-refractivity contribution in [2.75, 3.05) is 19.0 Å². The monoisotopic (exact) mass is 447 g/mol. The van der Waals surface area contributed by atoms with Gasteiger partial charge in [-0.1, -0.05) is 42.5 Å². The topological polar surface area (TPSA) is 72.7 Å². The number of Topliss-reactive ketones (excluding diaryl/α,β-unsaturated/α-hetero) is 1. The van der Waals surface area contributed by atoms with Gasteiger partial charge in [0.05, 0.1) is 6.42 Å². The number of methoxy groups -OCH3 is 1. The van der Waals surface area contributed by atoms with Crippen LogP contribution in [0.25, 0.3) is 15.6 Å². The predicted molar refractivity (Wildman–Crippen MR) is 111 cm³/mol. The van der Waals surface area contributed by atoms with Crippen LogP contribution in [0.2, 0.25) is 0 Å². The summed E-state index contributed by atoms with van der Waals surface area (Å²) in [5, 5.41) is 4.57. The van der Waals surface area contributed by atoms with Crippen molar-refractivity contribution in [1.82, 2.24) is 9.38 Å². The molecule has 4 rings (SSSR count). The van der Waals surface area contributed by atoms with E-state index in [1.165, 1.54) is 7.11 Å². The van der Waals surface area contributed by atoms with Gasteiger partial charge in [-0.15, -0.1) is 11.3 Å². The minimum atomic E-state index is -4.77. The Bertz CT molecular complexity index is 1290. The molecule has 0 saturated carbocycles. The smallest absolute Gasteiger partial charge is 0.376 e. The number of ketones is 1. The normalized spacial score (nSPS) is 11.9. The van der Waals surface area contributed by atoms with Crippen molar-refractivity contribution in [3.8, 4) is 0 Å². The first kappa shape index (κ1) is 21.0. The number of amides is 1. The molecule has 0 aliphatic rings. The van der Waals surface area contributed by atoms with Crippen LogP contribution in [-0.4, -0.2) is 34.8 Å². The summed E-state index contributed by atoms with van der Waals surface area (Å²) in [7, 11) is 1.23. The van der Waals surface area contributed by atoms with Gasteiger partial charge in [0.2, 0.25) is 11.7 Å². The van der Waals surface area contributed by atoms with Crippen LogP contribution in [0.5, 0.6) is 0 Å². The van der Waals surface area contributed by atoms with Crippen LogP contribution in [0.3, 0.4) is 0 Å². The van der Waals surface area contributed by atoms with E-state index in [0.29, 0.717) is 11.3 Å². The van der Waals surface area contributed by atoms with Crippen molar-refractivity contribution in [1.29, 1.82) is 0 Å². The third kappa shape index (κ3) is 4.17. The molecule has 0 unspecified atom stereocenters. The van der Waals surface area contributed by atoms with Crippen LogP contribution in [0.1, 0.15) is 20.9 Å². The molecule has 2 aromatic carbocycles. The lowest BCUT2D eigenvalue weighted by Crippen LogP contribution is -2.16. The minimum Gasteiger partial charge on any atom is -0.376 e. The fourth-order valence-corrected chi connectivity index (χ4v) is 4.41. The summed E-state index contributed by atoms with van der Waals surface area (Å²) >= 11 is 0.618. The van der Waals surface area contributed by atoms with Crippen molar-refractivity contribution < 1.29 is 27.5 Å². The number of carbonyl (C=O) groups is 2. The summed E-state index contributed by atoms with van der Waals surface area (Å²) in [4.78, 5) is 28.1.